The number of hydrogen-bond donors (Lipinski definition) is 1. The SMILES string of the molecule is CCCCCCCCSCc1cc(C(C)(C)C)ccc1O. The summed E-state index contributed by atoms with van der Waals surface area (Å²) in [6, 6.07) is 6.06. The average molecular weight is 309 g/mol. The quantitative estimate of drug-likeness (QED) is 0.541. The molecule has 1 nitrogen and oxygen atoms in total. The van der Waals surface area contributed by atoms with Crippen molar-refractivity contribution < 1.29 is 5.11 Å². The fourth-order valence-electron chi connectivity index (χ4n) is 2.33. The predicted octanol–water partition coefficient (Wildman–Crippen LogP) is 6.28. The number of benzene rings is 1. The molecule has 0 radical (unpaired) electrons. The molecule has 2 heteroatoms. The first kappa shape index (κ1) is 18.4. The van der Waals surface area contributed by atoms with E-state index in [-0.39, 0.29) is 5.41 Å². The Morgan fingerprint density at radius 1 is 1.00 bits per heavy atom. The molecule has 0 aliphatic carbocycles. The zero-order valence-corrected chi connectivity index (χ0v) is 15.1. The molecule has 120 valence electrons. The summed E-state index contributed by atoms with van der Waals surface area (Å²) in [5.74, 6) is 2.56. The lowest BCUT2D eigenvalue weighted by molar-refractivity contribution is 0.469. The number of rotatable bonds is 9. The Bertz CT molecular complexity index is 407. The molecule has 0 aliphatic heterocycles. The summed E-state index contributed by atoms with van der Waals surface area (Å²) < 4.78 is 0. The van der Waals surface area contributed by atoms with Crippen molar-refractivity contribution >= 4 is 11.8 Å². The van der Waals surface area contributed by atoms with Gasteiger partial charge in [-0.25, -0.2) is 0 Å². The number of hydrogen-bond acceptors (Lipinski definition) is 2. The van der Waals surface area contributed by atoms with Gasteiger partial charge in [0.25, 0.3) is 0 Å². The lowest BCUT2D eigenvalue weighted by Crippen LogP contribution is -2.11. The first-order valence-electron chi connectivity index (χ1n) is 8.35. The molecule has 1 rings (SSSR count). The second-order valence-corrected chi connectivity index (χ2v) is 8.02. The number of phenols is 1. The largest absolute Gasteiger partial charge is 0.508 e. The van der Waals surface area contributed by atoms with Gasteiger partial charge in [-0.1, -0.05) is 71.9 Å². The fraction of sp³-hybridized carbons (Fsp3) is 0.684. The molecule has 1 N–H and O–H groups in total. The number of aromatic hydroxyl groups is 1. The lowest BCUT2D eigenvalue weighted by atomic mass is 9.86. The van der Waals surface area contributed by atoms with E-state index in [4.69, 9.17) is 0 Å². The molecule has 0 aromatic heterocycles. The minimum absolute atomic E-state index is 0.145. The molecule has 0 spiro atoms. The van der Waals surface area contributed by atoms with Crippen LogP contribution in [-0.2, 0) is 11.2 Å². The Morgan fingerprint density at radius 2 is 1.67 bits per heavy atom. The summed E-state index contributed by atoms with van der Waals surface area (Å²) in [6.45, 7) is 8.90. The number of phenolic OH excluding ortho intramolecular Hbond substituents is 1. The molecule has 0 heterocycles. The van der Waals surface area contributed by atoms with E-state index in [1.54, 1.807) is 0 Å². The Hall–Kier alpha value is -0.630. The normalized spacial score (nSPS) is 11.8. The van der Waals surface area contributed by atoms with Crippen LogP contribution >= 0.6 is 11.8 Å². The molecule has 0 aliphatic rings. The van der Waals surface area contributed by atoms with Crippen LogP contribution in [0.5, 0.6) is 5.75 Å². The molecule has 21 heavy (non-hydrogen) atoms. The van der Waals surface area contributed by atoms with Crippen molar-refractivity contribution in [3.05, 3.63) is 29.3 Å². The summed E-state index contributed by atoms with van der Waals surface area (Å²) in [5.41, 5.74) is 2.53. The van der Waals surface area contributed by atoms with Gasteiger partial charge in [0.15, 0.2) is 0 Å². The van der Waals surface area contributed by atoms with Gasteiger partial charge in [-0.3, -0.25) is 0 Å². The third-order valence-corrected chi connectivity index (χ3v) is 4.94. The molecule has 0 saturated heterocycles. The fourth-order valence-corrected chi connectivity index (χ4v) is 3.34. The zero-order chi connectivity index (χ0) is 15.7. The van der Waals surface area contributed by atoms with Gasteiger partial charge in [-0.05, 0) is 29.2 Å². The van der Waals surface area contributed by atoms with E-state index in [9.17, 15) is 5.11 Å². The summed E-state index contributed by atoms with van der Waals surface area (Å²) in [5, 5.41) is 9.99. The number of thioether (sulfide) groups is 1. The maximum absolute atomic E-state index is 9.99. The van der Waals surface area contributed by atoms with Gasteiger partial charge in [0.1, 0.15) is 5.75 Å². The highest BCUT2D eigenvalue weighted by molar-refractivity contribution is 7.98. The van der Waals surface area contributed by atoms with Crippen LogP contribution < -0.4 is 0 Å². The van der Waals surface area contributed by atoms with Crippen molar-refractivity contribution in [3.63, 3.8) is 0 Å². The summed E-state index contributed by atoms with van der Waals surface area (Å²) in [4.78, 5) is 0. The highest BCUT2D eigenvalue weighted by Crippen LogP contribution is 2.29. The van der Waals surface area contributed by atoms with Crippen LogP contribution in [0.3, 0.4) is 0 Å². The van der Waals surface area contributed by atoms with E-state index in [0.29, 0.717) is 5.75 Å². The summed E-state index contributed by atoms with van der Waals surface area (Å²) >= 11 is 1.94. The minimum atomic E-state index is 0.145. The number of unbranched alkanes of at least 4 members (excludes halogenated alkanes) is 5. The van der Waals surface area contributed by atoms with Crippen molar-refractivity contribution in [2.75, 3.05) is 5.75 Å². The maximum Gasteiger partial charge on any atom is 0.119 e. The monoisotopic (exact) mass is 308 g/mol. The van der Waals surface area contributed by atoms with Crippen LogP contribution in [0.15, 0.2) is 18.2 Å². The van der Waals surface area contributed by atoms with Crippen LogP contribution in [0, 0.1) is 0 Å². The van der Waals surface area contributed by atoms with Crippen LogP contribution in [0.2, 0.25) is 0 Å². The molecule has 0 unspecified atom stereocenters. The van der Waals surface area contributed by atoms with Gasteiger partial charge in [0.05, 0.1) is 0 Å². The van der Waals surface area contributed by atoms with Crippen LogP contribution in [0.1, 0.15) is 77.3 Å². The van der Waals surface area contributed by atoms with Gasteiger partial charge >= 0.3 is 0 Å². The van der Waals surface area contributed by atoms with Gasteiger partial charge in [-0.2, -0.15) is 11.8 Å². The molecule has 0 bridgehead atoms. The summed E-state index contributed by atoms with van der Waals surface area (Å²) in [6.07, 6.45) is 8.10. The minimum Gasteiger partial charge on any atom is -0.508 e. The van der Waals surface area contributed by atoms with Crippen LogP contribution in [-0.4, -0.2) is 10.9 Å². The maximum atomic E-state index is 9.99. The standard InChI is InChI=1S/C19H32OS/c1-5-6-7-8-9-10-13-21-15-16-14-17(19(2,3)4)11-12-18(16)20/h11-12,14,20H,5-10,13,15H2,1-4H3. The van der Waals surface area contributed by atoms with Crippen molar-refractivity contribution in [1.29, 1.82) is 0 Å². The van der Waals surface area contributed by atoms with Crippen molar-refractivity contribution in [2.45, 2.75) is 77.4 Å². The topological polar surface area (TPSA) is 20.2 Å². The van der Waals surface area contributed by atoms with E-state index in [0.717, 1.165) is 11.3 Å². The average Bonchev–Trinajstić information content (AvgIpc) is 2.42. The van der Waals surface area contributed by atoms with Gasteiger partial charge in [-0.15, -0.1) is 0 Å². The van der Waals surface area contributed by atoms with Crippen LogP contribution in [0.25, 0.3) is 0 Å². The van der Waals surface area contributed by atoms with E-state index in [1.807, 2.05) is 23.9 Å². The van der Waals surface area contributed by atoms with E-state index < -0.39 is 0 Å². The molecule has 0 saturated carbocycles. The highest BCUT2D eigenvalue weighted by atomic mass is 32.2. The van der Waals surface area contributed by atoms with Gasteiger partial charge in [0.2, 0.25) is 0 Å². The second kappa shape index (κ2) is 9.40. The molecule has 1 aromatic carbocycles. The highest BCUT2D eigenvalue weighted by Gasteiger charge is 2.15. The van der Waals surface area contributed by atoms with Crippen molar-refractivity contribution in [2.24, 2.45) is 0 Å². The van der Waals surface area contributed by atoms with E-state index in [2.05, 4.69) is 33.8 Å². The van der Waals surface area contributed by atoms with Crippen molar-refractivity contribution in [1.82, 2.24) is 0 Å². The van der Waals surface area contributed by atoms with E-state index >= 15 is 0 Å². The zero-order valence-electron chi connectivity index (χ0n) is 14.2. The Morgan fingerprint density at radius 3 is 2.33 bits per heavy atom. The predicted molar refractivity (Wildman–Crippen MR) is 96.3 cm³/mol. The third kappa shape index (κ3) is 7.26. The Kier molecular flexibility index (Phi) is 8.24. The molecular formula is C19H32OS. The molecule has 0 amide bonds. The molecule has 0 atom stereocenters. The molecule has 0 fully saturated rings. The molecular weight excluding hydrogens is 276 g/mol. The summed E-state index contributed by atoms with van der Waals surface area (Å²) in [7, 11) is 0. The lowest BCUT2D eigenvalue weighted by Gasteiger charge is -2.20. The van der Waals surface area contributed by atoms with Gasteiger partial charge in [0, 0.05) is 11.3 Å². The Labute approximate surface area is 135 Å². The second-order valence-electron chi connectivity index (χ2n) is 6.91. The van der Waals surface area contributed by atoms with Gasteiger partial charge < -0.3 is 5.11 Å². The first-order valence-corrected chi connectivity index (χ1v) is 9.50. The first-order chi connectivity index (χ1) is 9.95. The van der Waals surface area contributed by atoms with E-state index in [1.165, 1.54) is 49.8 Å². The van der Waals surface area contributed by atoms with Crippen LogP contribution in [0.4, 0.5) is 0 Å². The third-order valence-electron chi connectivity index (χ3n) is 3.85. The molecule has 1 aromatic rings. The Balaban J connectivity index is 2.32. The van der Waals surface area contributed by atoms with Crippen molar-refractivity contribution in [3.8, 4) is 5.75 Å². The smallest absolute Gasteiger partial charge is 0.119 e.